The predicted molar refractivity (Wildman–Crippen MR) is 93.9 cm³/mol. The third-order valence-electron chi connectivity index (χ3n) is 4.91. The topological polar surface area (TPSA) is 55.6 Å². The van der Waals surface area contributed by atoms with E-state index in [1.165, 1.54) is 5.56 Å². The Balaban J connectivity index is 0.00000192. The monoisotopic (exact) mass is 338 g/mol. The lowest BCUT2D eigenvalue weighted by atomic mass is 9.47. The maximum absolute atomic E-state index is 12.0. The first-order valence-electron chi connectivity index (χ1n) is 8.01. The van der Waals surface area contributed by atoms with Gasteiger partial charge in [0.25, 0.3) is 0 Å². The Kier molecular flexibility index (Phi) is 4.71. The van der Waals surface area contributed by atoms with E-state index in [9.17, 15) is 4.79 Å². The molecule has 1 saturated carbocycles. The number of carbonyl (C=O) groups is 1. The molecule has 1 aromatic carbocycles. The fourth-order valence-electron chi connectivity index (χ4n) is 4.08. The molecule has 0 aromatic heterocycles. The summed E-state index contributed by atoms with van der Waals surface area (Å²) in [6.45, 7) is 7.98. The van der Waals surface area contributed by atoms with Crippen molar-refractivity contribution in [3.63, 3.8) is 0 Å². The summed E-state index contributed by atoms with van der Waals surface area (Å²) >= 11 is 0. The number of nitrogens with two attached hydrogens (primary N) is 1. The molecule has 3 rings (SSSR count). The molecule has 23 heavy (non-hydrogen) atoms. The number of ether oxygens (including phenoxy) is 1. The van der Waals surface area contributed by atoms with Crippen molar-refractivity contribution >= 4 is 18.5 Å². The molecule has 1 heterocycles. The maximum atomic E-state index is 12.0. The second-order valence-electron chi connectivity index (χ2n) is 8.04. The lowest BCUT2D eigenvalue weighted by Crippen LogP contribution is -2.69. The quantitative estimate of drug-likeness (QED) is 0.899. The van der Waals surface area contributed by atoms with E-state index in [-0.39, 0.29) is 29.3 Å². The molecule has 1 spiro atoms. The minimum Gasteiger partial charge on any atom is -0.444 e. The van der Waals surface area contributed by atoms with Crippen LogP contribution in [0.3, 0.4) is 0 Å². The van der Waals surface area contributed by atoms with E-state index in [1.54, 1.807) is 0 Å². The van der Waals surface area contributed by atoms with Crippen LogP contribution >= 0.6 is 12.4 Å². The SMILES string of the molecule is CC(C)(C)OC(=O)N1CC2(C1)CC(CN)(c1ccccc1)C2.Cl. The molecule has 0 unspecified atom stereocenters. The number of likely N-dealkylation sites (tertiary alicyclic amines) is 1. The third kappa shape index (κ3) is 3.33. The lowest BCUT2D eigenvalue weighted by Gasteiger charge is -2.64. The zero-order valence-corrected chi connectivity index (χ0v) is 15.0. The molecule has 0 bridgehead atoms. The summed E-state index contributed by atoms with van der Waals surface area (Å²) in [7, 11) is 0. The van der Waals surface area contributed by atoms with Gasteiger partial charge in [-0.15, -0.1) is 12.4 Å². The van der Waals surface area contributed by atoms with Crippen LogP contribution in [0.15, 0.2) is 30.3 Å². The van der Waals surface area contributed by atoms with Gasteiger partial charge in [0.15, 0.2) is 0 Å². The van der Waals surface area contributed by atoms with Crippen LogP contribution in [-0.4, -0.2) is 36.2 Å². The van der Waals surface area contributed by atoms with E-state index < -0.39 is 5.60 Å². The first-order chi connectivity index (χ1) is 10.3. The summed E-state index contributed by atoms with van der Waals surface area (Å²) in [5.41, 5.74) is 7.33. The smallest absolute Gasteiger partial charge is 0.410 e. The van der Waals surface area contributed by atoms with Crippen LogP contribution in [0.1, 0.15) is 39.2 Å². The Morgan fingerprint density at radius 1 is 1.22 bits per heavy atom. The summed E-state index contributed by atoms with van der Waals surface area (Å²) < 4.78 is 5.43. The van der Waals surface area contributed by atoms with Gasteiger partial charge in [0.1, 0.15) is 5.60 Å². The van der Waals surface area contributed by atoms with Gasteiger partial charge in [-0.1, -0.05) is 30.3 Å². The second kappa shape index (κ2) is 5.99. The van der Waals surface area contributed by atoms with Crippen molar-refractivity contribution in [3.8, 4) is 0 Å². The van der Waals surface area contributed by atoms with Crippen LogP contribution in [0, 0.1) is 5.41 Å². The molecule has 2 fully saturated rings. The van der Waals surface area contributed by atoms with Gasteiger partial charge in [-0.2, -0.15) is 0 Å². The Morgan fingerprint density at radius 3 is 2.26 bits per heavy atom. The minimum atomic E-state index is -0.426. The summed E-state index contributed by atoms with van der Waals surface area (Å²) in [6, 6.07) is 10.5. The Hall–Kier alpha value is -1.26. The number of amides is 1. The van der Waals surface area contributed by atoms with Gasteiger partial charge < -0.3 is 15.4 Å². The number of rotatable bonds is 2. The van der Waals surface area contributed by atoms with E-state index in [4.69, 9.17) is 10.5 Å². The molecule has 128 valence electrons. The van der Waals surface area contributed by atoms with Crippen molar-refractivity contribution in [1.82, 2.24) is 4.90 Å². The number of carbonyl (C=O) groups excluding carboxylic acids is 1. The number of hydrogen-bond donors (Lipinski definition) is 1. The van der Waals surface area contributed by atoms with Gasteiger partial charge in [-0.05, 0) is 39.2 Å². The summed E-state index contributed by atoms with van der Waals surface area (Å²) in [6.07, 6.45) is 1.95. The first kappa shape index (κ1) is 18.1. The minimum absolute atomic E-state index is 0. The van der Waals surface area contributed by atoms with E-state index in [2.05, 4.69) is 24.3 Å². The van der Waals surface area contributed by atoms with Crippen molar-refractivity contribution in [3.05, 3.63) is 35.9 Å². The second-order valence-corrected chi connectivity index (χ2v) is 8.04. The van der Waals surface area contributed by atoms with Crippen LogP contribution in [-0.2, 0) is 10.2 Å². The van der Waals surface area contributed by atoms with E-state index in [1.807, 2.05) is 31.7 Å². The fraction of sp³-hybridized carbons (Fsp3) is 0.611. The molecule has 4 nitrogen and oxygen atoms in total. The van der Waals surface area contributed by atoms with Gasteiger partial charge in [0, 0.05) is 30.5 Å². The number of hydrogen-bond acceptors (Lipinski definition) is 3. The highest BCUT2D eigenvalue weighted by atomic mass is 35.5. The summed E-state index contributed by atoms with van der Waals surface area (Å²) in [5, 5.41) is 0. The van der Waals surface area contributed by atoms with Crippen LogP contribution < -0.4 is 5.73 Å². The molecule has 2 N–H and O–H groups in total. The molecule has 5 heteroatoms. The molecule has 1 amide bonds. The predicted octanol–water partition coefficient (Wildman–Crippen LogP) is 3.34. The highest BCUT2D eigenvalue weighted by Crippen LogP contribution is 2.59. The maximum Gasteiger partial charge on any atom is 0.410 e. The van der Waals surface area contributed by atoms with Crippen molar-refractivity contribution in [2.24, 2.45) is 11.1 Å². The molecule has 2 aliphatic rings. The van der Waals surface area contributed by atoms with Gasteiger partial charge in [0.2, 0.25) is 0 Å². The molecule has 1 aliphatic heterocycles. The molecular formula is C18H27ClN2O2. The standard InChI is InChI=1S/C18H26N2O2.ClH/c1-16(2,3)22-15(21)20-12-17(13-20)9-18(10-17,11-19)14-7-5-4-6-8-14;/h4-8H,9-13,19H2,1-3H3;1H. The van der Waals surface area contributed by atoms with Crippen molar-refractivity contribution < 1.29 is 9.53 Å². The van der Waals surface area contributed by atoms with Crippen LogP contribution in [0.4, 0.5) is 4.79 Å². The van der Waals surface area contributed by atoms with Gasteiger partial charge in [-0.25, -0.2) is 4.79 Å². The number of halogens is 1. The van der Waals surface area contributed by atoms with Crippen LogP contribution in [0.5, 0.6) is 0 Å². The number of nitrogens with zero attached hydrogens (tertiary/aromatic N) is 1. The van der Waals surface area contributed by atoms with Crippen LogP contribution in [0.25, 0.3) is 0 Å². The van der Waals surface area contributed by atoms with E-state index in [0.717, 1.165) is 25.9 Å². The Morgan fingerprint density at radius 2 is 1.78 bits per heavy atom. The molecule has 0 atom stereocenters. The molecular weight excluding hydrogens is 312 g/mol. The Labute approximate surface area is 144 Å². The highest BCUT2D eigenvalue weighted by Gasteiger charge is 2.61. The van der Waals surface area contributed by atoms with Crippen molar-refractivity contribution in [2.75, 3.05) is 19.6 Å². The summed E-state index contributed by atoms with van der Waals surface area (Å²) in [5.74, 6) is 0. The van der Waals surface area contributed by atoms with Crippen molar-refractivity contribution in [2.45, 2.75) is 44.6 Å². The summed E-state index contributed by atoms with van der Waals surface area (Å²) in [4.78, 5) is 13.9. The molecule has 1 aliphatic carbocycles. The van der Waals surface area contributed by atoms with Gasteiger partial charge in [0.05, 0.1) is 0 Å². The molecule has 1 aromatic rings. The van der Waals surface area contributed by atoms with Crippen molar-refractivity contribution in [1.29, 1.82) is 0 Å². The normalized spacial score (nSPS) is 21.0. The average molecular weight is 339 g/mol. The number of benzene rings is 1. The van der Waals surface area contributed by atoms with E-state index >= 15 is 0 Å². The zero-order chi connectivity index (χ0) is 16.0. The zero-order valence-electron chi connectivity index (χ0n) is 14.2. The van der Waals surface area contributed by atoms with Crippen LogP contribution in [0.2, 0.25) is 0 Å². The fourth-order valence-corrected chi connectivity index (χ4v) is 4.08. The highest BCUT2D eigenvalue weighted by molar-refractivity contribution is 5.85. The molecule has 0 radical (unpaired) electrons. The average Bonchev–Trinajstić information content (AvgIpc) is 2.35. The lowest BCUT2D eigenvalue weighted by molar-refractivity contribution is -0.106. The third-order valence-corrected chi connectivity index (χ3v) is 4.91. The van der Waals surface area contributed by atoms with E-state index in [0.29, 0.717) is 6.54 Å². The van der Waals surface area contributed by atoms with Gasteiger partial charge in [-0.3, -0.25) is 0 Å². The first-order valence-corrected chi connectivity index (χ1v) is 8.01. The molecule has 1 saturated heterocycles. The van der Waals surface area contributed by atoms with Gasteiger partial charge >= 0.3 is 6.09 Å². The largest absolute Gasteiger partial charge is 0.444 e. The Bertz CT molecular complexity index is 554.